The molecule has 5 nitrogen and oxygen atoms in total. The molecule has 0 aromatic carbocycles. The van der Waals surface area contributed by atoms with Crippen LogP contribution in [0.4, 0.5) is 4.79 Å². The fraction of sp³-hybridized carbons (Fsp3) is 0.750. The molecule has 0 aromatic rings. The number of methoxy groups -OCH3 is 1. The second-order valence-electron chi connectivity index (χ2n) is 3.18. The van der Waals surface area contributed by atoms with Crippen LogP contribution in [0.15, 0.2) is 0 Å². The predicted molar refractivity (Wildman–Crippen MR) is 46.2 cm³/mol. The summed E-state index contributed by atoms with van der Waals surface area (Å²) in [5, 5.41) is 2.54. The molecule has 5 heteroatoms. The van der Waals surface area contributed by atoms with Crippen LogP contribution in [0.1, 0.15) is 13.8 Å². The quantitative estimate of drug-likeness (QED) is 0.629. The van der Waals surface area contributed by atoms with Crippen LogP contribution in [-0.4, -0.2) is 42.6 Å². The van der Waals surface area contributed by atoms with Gasteiger partial charge in [-0.15, -0.1) is 0 Å². The SMILES string of the molecule is COCC(C)N1C(=O)NC(C)C1=O. The van der Waals surface area contributed by atoms with Crippen molar-refractivity contribution in [2.45, 2.75) is 25.9 Å². The van der Waals surface area contributed by atoms with Gasteiger partial charge in [0.15, 0.2) is 0 Å². The number of carbonyl (C=O) groups excluding carboxylic acids is 2. The van der Waals surface area contributed by atoms with E-state index in [0.717, 1.165) is 0 Å². The minimum atomic E-state index is -0.410. The van der Waals surface area contributed by atoms with Crippen molar-refractivity contribution in [1.29, 1.82) is 0 Å². The molecule has 1 heterocycles. The van der Waals surface area contributed by atoms with Gasteiger partial charge in [-0.1, -0.05) is 0 Å². The summed E-state index contributed by atoms with van der Waals surface area (Å²) >= 11 is 0. The van der Waals surface area contributed by atoms with E-state index in [4.69, 9.17) is 4.74 Å². The number of amides is 3. The lowest BCUT2D eigenvalue weighted by Gasteiger charge is -2.20. The molecule has 2 unspecified atom stereocenters. The number of nitrogens with zero attached hydrogens (tertiary/aromatic N) is 1. The van der Waals surface area contributed by atoms with Gasteiger partial charge in [-0.2, -0.15) is 0 Å². The zero-order valence-corrected chi connectivity index (χ0v) is 8.03. The molecule has 1 aliphatic heterocycles. The van der Waals surface area contributed by atoms with Gasteiger partial charge < -0.3 is 10.1 Å². The molecular formula is C8H14N2O3. The predicted octanol–water partition coefficient (Wildman–Crippen LogP) is -0.0384. The monoisotopic (exact) mass is 186 g/mol. The van der Waals surface area contributed by atoms with E-state index >= 15 is 0 Å². The first-order chi connectivity index (χ1) is 6.07. The van der Waals surface area contributed by atoms with Crippen molar-refractivity contribution in [2.24, 2.45) is 0 Å². The molecule has 0 saturated carbocycles. The van der Waals surface area contributed by atoms with E-state index in [1.54, 1.807) is 21.0 Å². The molecule has 74 valence electrons. The van der Waals surface area contributed by atoms with Gasteiger partial charge in [0.05, 0.1) is 12.6 Å². The van der Waals surface area contributed by atoms with Crippen LogP contribution in [-0.2, 0) is 9.53 Å². The summed E-state index contributed by atoms with van der Waals surface area (Å²) in [6, 6.07) is -0.948. The van der Waals surface area contributed by atoms with Crippen LogP contribution in [0.5, 0.6) is 0 Å². The first-order valence-electron chi connectivity index (χ1n) is 4.20. The molecule has 1 aliphatic rings. The van der Waals surface area contributed by atoms with Crippen LogP contribution >= 0.6 is 0 Å². The summed E-state index contributed by atoms with van der Waals surface area (Å²) in [7, 11) is 1.54. The summed E-state index contributed by atoms with van der Waals surface area (Å²) in [6.45, 7) is 3.81. The summed E-state index contributed by atoms with van der Waals surface area (Å²) in [4.78, 5) is 23.9. The number of urea groups is 1. The van der Waals surface area contributed by atoms with Crippen LogP contribution in [0.3, 0.4) is 0 Å². The molecule has 0 spiro atoms. The Labute approximate surface area is 77.0 Å². The van der Waals surface area contributed by atoms with Crippen molar-refractivity contribution in [1.82, 2.24) is 10.2 Å². The standard InChI is InChI=1S/C8H14N2O3/c1-5(4-13-3)10-7(11)6(2)9-8(10)12/h5-6H,4H2,1-3H3,(H,9,12). The summed E-state index contributed by atoms with van der Waals surface area (Å²) in [5.41, 5.74) is 0. The van der Waals surface area contributed by atoms with Gasteiger partial charge in [0.2, 0.25) is 0 Å². The van der Waals surface area contributed by atoms with Gasteiger partial charge in [-0.25, -0.2) is 4.79 Å². The second-order valence-corrected chi connectivity index (χ2v) is 3.18. The lowest BCUT2D eigenvalue weighted by Crippen LogP contribution is -2.41. The third kappa shape index (κ3) is 1.80. The average molecular weight is 186 g/mol. The third-order valence-corrected chi connectivity index (χ3v) is 2.02. The van der Waals surface area contributed by atoms with Gasteiger partial charge >= 0.3 is 6.03 Å². The molecule has 1 saturated heterocycles. The summed E-state index contributed by atoms with van der Waals surface area (Å²) in [6.07, 6.45) is 0. The van der Waals surface area contributed by atoms with E-state index in [2.05, 4.69) is 5.32 Å². The maximum Gasteiger partial charge on any atom is 0.325 e. The number of hydrogen-bond acceptors (Lipinski definition) is 3. The summed E-state index contributed by atoms with van der Waals surface area (Å²) in [5.74, 6) is -0.186. The molecule has 1 rings (SSSR count). The first kappa shape index (κ1) is 9.98. The second kappa shape index (κ2) is 3.74. The Bertz CT molecular complexity index is 229. The molecule has 0 aromatic heterocycles. The van der Waals surface area contributed by atoms with Crippen molar-refractivity contribution in [2.75, 3.05) is 13.7 Å². The van der Waals surface area contributed by atoms with Crippen LogP contribution < -0.4 is 5.32 Å². The molecule has 0 aliphatic carbocycles. The molecular weight excluding hydrogens is 172 g/mol. The fourth-order valence-corrected chi connectivity index (χ4v) is 1.36. The lowest BCUT2D eigenvalue weighted by molar-refractivity contribution is -0.129. The zero-order chi connectivity index (χ0) is 10.0. The Hall–Kier alpha value is -1.10. The number of ether oxygens (including phenoxy) is 1. The van der Waals surface area contributed by atoms with Crippen LogP contribution in [0.25, 0.3) is 0 Å². The van der Waals surface area contributed by atoms with Crippen LogP contribution in [0.2, 0.25) is 0 Å². The van der Waals surface area contributed by atoms with E-state index in [9.17, 15) is 9.59 Å². The molecule has 2 atom stereocenters. The van der Waals surface area contributed by atoms with Gasteiger partial charge in [0.1, 0.15) is 6.04 Å². The summed E-state index contributed by atoms with van der Waals surface area (Å²) < 4.78 is 4.87. The number of hydrogen-bond donors (Lipinski definition) is 1. The highest BCUT2D eigenvalue weighted by Gasteiger charge is 2.37. The van der Waals surface area contributed by atoms with E-state index < -0.39 is 6.04 Å². The van der Waals surface area contributed by atoms with Crippen molar-refractivity contribution < 1.29 is 14.3 Å². The normalized spacial score (nSPS) is 24.8. The van der Waals surface area contributed by atoms with Gasteiger partial charge in [0, 0.05) is 7.11 Å². The van der Waals surface area contributed by atoms with E-state index in [1.165, 1.54) is 4.90 Å². The van der Waals surface area contributed by atoms with Gasteiger partial charge in [-0.3, -0.25) is 9.69 Å². The Balaban J connectivity index is 2.68. The highest BCUT2D eigenvalue weighted by Crippen LogP contribution is 2.10. The smallest absolute Gasteiger partial charge is 0.325 e. The molecule has 1 fully saturated rings. The van der Waals surface area contributed by atoms with Crippen LogP contribution in [0, 0.1) is 0 Å². The highest BCUT2D eigenvalue weighted by atomic mass is 16.5. The Morgan fingerprint density at radius 3 is 2.62 bits per heavy atom. The molecule has 0 radical (unpaired) electrons. The Kier molecular flexibility index (Phi) is 2.87. The number of rotatable bonds is 3. The minimum absolute atomic E-state index is 0.186. The minimum Gasteiger partial charge on any atom is -0.383 e. The molecule has 1 N–H and O–H groups in total. The largest absolute Gasteiger partial charge is 0.383 e. The van der Waals surface area contributed by atoms with Crippen molar-refractivity contribution in [3.8, 4) is 0 Å². The highest BCUT2D eigenvalue weighted by molar-refractivity contribution is 6.04. The number of imide groups is 1. The maximum atomic E-state index is 11.4. The lowest BCUT2D eigenvalue weighted by atomic mass is 10.3. The average Bonchev–Trinajstić information content (AvgIpc) is 2.27. The van der Waals surface area contributed by atoms with E-state index in [0.29, 0.717) is 6.61 Å². The Morgan fingerprint density at radius 1 is 1.62 bits per heavy atom. The molecule has 13 heavy (non-hydrogen) atoms. The van der Waals surface area contributed by atoms with Crippen molar-refractivity contribution in [3.63, 3.8) is 0 Å². The van der Waals surface area contributed by atoms with Crippen molar-refractivity contribution in [3.05, 3.63) is 0 Å². The zero-order valence-electron chi connectivity index (χ0n) is 8.03. The maximum absolute atomic E-state index is 11.4. The van der Waals surface area contributed by atoms with Gasteiger partial charge in [0.25, 0.3) is 5.91 Å². The topological polar surface area (TPSA) is 58.6 Å². The van der Waals surface area contributed by atoms with Gasteiger partial charge in [-0.05, 0) is 13.8 Å². The molecule has 3 amide bonds. The number of carbonyl (C=O) groups is 2. The van der Waals surface area contributed by atoms with E-state index in [-0.39, 0.29) is 18.0 Å². The molecule has 0 bridgehead atoms. The third-order valence-electron chi connectivity index (χ3n) is 2.02. The fourth-order valence-electron chi connectivity index (χ4n) is 1.36. The Morgan fingerprint density at radius 2 is 2.23 bits per heavy atom. The first-order valence-corrected chi connectivity index (χ1v) is 4.20. The van der Waals surface area contributed by atoms with E-state index in [1.807, 2.05) is 0 Å². The van der Waals surface area contributed by atoms with Crippen molar-refractivity contribution >= 4 is 11.9 Å². The number of nitrogens with one attached hydrogen (secondary N) is 1.